The van der Waals surface area contributed by atoms with Crippen molar-refractivity contribution in [1.29, 1.82) is 5.26 Å². The number of aromatic nitrogens is 2. The predicted octanol–water partition coefficient (Wildman–Crippen LogP) is 2.05. The molecular formula is C10H7N5OS. The molecule has 1 aromatic carbocycles. The number of hydrogen-bond donors (Lipinski definition) is 2. The molecular weight excluding hydrogens is 238 g/mol. The second kappa shape index (κ2) is 5.05. The molecule has 0 radical (unpaired) electrons. The minimum absolute atomic E-state index is 0.109. The quantitative estimate of drug-likeness (QED) is 0.847. The van der Waals surface area contributed by atoms with Crippen molar-refractivity contribution in [1.82, 2.24) is 9.59 Å². The van der Waals surface area contributed by atoms with E-state index in [9.17, 15) is 4.79 Å². The van der Waals surface area contributed by atoms with Crippen molar-refractivity contribution in [2.45, 2.75) is 0 Å². The Morgan fingerprint density at radius 3 is 2.76 bits per heavy atom. The van der Waals surface area contributed by atoms with Gasteiger partial charge in [0.2, 0.25) is 0 Å². The highest BCUT2D eigenvalue weighted by Crippen LogP contribution is 2.16. The van der Waals surface area contributed by atoms with Gasteiger partial charge in [0.05, 0.1) is 0 Å². The number of urea groups is 1. The Kier molecular flexibility index (Phi) is 3.28. The molecule has 0 atom stereocenters. The van der Waals surface area contributed by atoms with Crippen LogP contribution in [0.15, 0.2) is 30.3 Å². The van der Waals surface area contributed by atoms with E-state index in [0.29, 0.717) is 10.7 Å². The Bertz CT molecular complexity index is 560. The summed E-state index contributed by atoms with van der Waals surface area (Å²) < 4.78 is 3.58. The molecule has 0 aliphatic rings. The van der Waals surface area contributed by atoms with E-state index >= 15 is 0 Å². The van der Waals surface area contributed by atoms with Crippen LogP contribution >= 0.6 is 11.5 Å². The van der Waals surface area contributed by atoms with Gasteiger partial charge in [0.25, 0.3) is 0 Å². The highest BCUT2D eigenvalue weighted by atomic mass is 32.1. The van der Waals surface area contributed by atoms with Gasteiger partial charge in [0, 0.05) is 17.2 Å². The van der Waals surface area contributed by atoms with Crippen molar-refractivity contribution in [3.63, 3.8) is 0 Å². The zero-order valence-corrected chi connectivity index (χ0v) is 9.36. The number of rotatable bonds is 2. The van der Waals surface area contributed by atoms with Gasteiger partial charge in [0.15, 0.2) is 10.7 Å². The first kappa shape index (κ1) is 11.0. The maximum atomic E-state index is 11.6. The minimum Gasteiger partial charge on any atom is -0.308 e. The van der Waals surface area contributed by atoms with Crippen LogP contribution in [0.25, 0.3) is 0 Å². The Morgan fingerprint density at radius 1 is 1.29 bits per heavy atom. The predicted molar refractivity (Wildman–Crippen MR) is 63.7 cm³/mol. The number of carbonyl (C=O) groups excluding carboxylic acids is 1. The molecule has 7 heteroatoms. The van der Waals surface area contributed by atoms with E-state index in [2.05, 4.69) is 20.2 Å². The Morgan fingerprint density at radius 2 is 2.06 bits per heavy atom. The zero-order chi connectivity index (χ0) is 12.1. The molecule has 2 amide bonds. The largest absolute Gasteiger partial charge is 0.324 e. The maximum Gasteiger partial charge on any atom is 0.324 e. The van der Waals surface area contributed by atoms with E-state index < -0.39 is 6.03 Å². The van der Waals surface area contributed by atoms with E-state index in [0.717, 1.165) is 11.5 Å². The van der Waals surface area contributed by atoms with Gasteiger partial charge in [-0.3, -0.25) is 5.32 Å². The molecule has 0 fully saturated rings. The van der Waals surface area contributed by atoms with Crippen molar-refractivity contribution in [3.8, 4) is 6.07 Å². The monoisotopic (exact) mass is 245 g/mol. The van der Waals surface area contributed by atoms with E-state index in [-0.39, 0.29) is 5.69 Å². The van der Waals surface area contributed by atoms with Crippen molar-refractivity contribution in [2.24, 2.45) is 0 Å². The lowest BCUT2D eigenvalue weighted by Gasteiger charge is -2.04. The van der Waals surface area contributed by atoms with Crippen LogP contribution in [0.2, 0.25) is 0 Å². The fourth-order valence-electron chi connectivity index (χ4n) is 1.13. The minimum atomic E-state index is -0.432. The van der Waals surface area contributed by atoms with E-state index in [4.69, 9.17) is 5.26 Å². The molecule has 1 heterocycles. The Balaban J connectivity index is 2.01. The summed E-state index contributed by atoms with van der Waals surface area (Å²) in [7, 11) is 0. The van der Waals surface area contributed by atoms with Crippen LogP contribution in [0.4, 0.5) is 15.5 Å². The van der Waals surface area contributed by atoms with Crippen LogP contribution in [-0.4, -0.2) is 15.6 Å². The standard InChI is InChI=1S/C10H7N5OS/c11-6-8-9(17-15-14-8)13-10(16)12-7-4-2-1-3-5-7/h1-5H,(H2,12,13,16). The van der Waals surface area contributed by atoms with Crippen LogP contribution in [0.1, 0.15) is 5.69 Å². The smallest absolute Gasteiger partial charge is 0.308 e. The van der Waals surface area contributed by atoms with Gasteiger partial charge >= 0.3 is 6.03 Å². The summed E-state index contributed by atoms with van der Waals surface area (Å²) in [5.41, 5.74) is 0.777. The maximum absolute atomic E-state index is 11.6. The molecule has 0 saturated heterocycles. The molecule has 2 rings (SSSR count). The van der Waals surface area contributed by atoms with Crippen molar-refractivity contribution in [3.05, 3.63) is 36.0 Å². The number of nitrogens with one attached hydrogen (secondary N) is 2. The summed E-state index contributed by atoms with van der Waals surface area (Å²) in [5, 5.41) is 17.7. The van der Waals surface area contributed by atoms with E-state index in [1.165, 1.54) is 0 Å². The molecule has 2 N–H and O–H groups in total. The van der Waals surface area contributed by atoms with Crippen molar-refractivity contribution in [2.75, 3.05) is 10.6 Å². The summed E-state index contributed by atoms with van der Waals surface area (Å²) in [5.74, 6) is 0. The first-order valence-corrected chi connectivity index (χ1v) is 5.42. The number of nitriles is 1. The molecule has 0 saturated carbocycles. The summed E-state index contributed by atoms with van der Waals surface area (Å²) in [6, 6.07) is 10.4. The number of hydrogen-bond acceptors (Lipinski definition) is 5. The number of carbonyl (C=O) groups is 1. The average molecular weight is 245 g/mol. The summed E-state index contributed by atoms with van der Waals surface area (Å²) in [6.45, 7) is 0. The Hall–Kier alpha value is -2.46. The lowest BCUT2D eigenvalue weighted by molar-refractivity contribution is 0.262. The molecule has 84 valence electrons. The van der Waals surface area contributed by atoms with Crippen molar-refractivity contribution >= 4 is 28.3 Å². The number of benzene rings is 1. The third-order valence-corrected chi connectivity index (χ3v) is 2.49. The SMILES string of the molecule is N#Cc1nnsc1NC(=O)Nc1ccccc1. The van der Waals surface area contributed by atoms with E-state index in [1.54, 1.807) is 12.1 Å². The molecule has 2 aromatic rings. The fraction of sp³-hybridized carbons (Fsp3) is 0. The number of amides is 2. The van der Waals surface area contributed by atoms with Crippen LogP contribution < -0.4 is 10.6 Å². The molecule has 0 aliphatic carbocycles. The lowest BCUT2D eigenvalue weighted by Crippen LogP contribution is -2.19. The van der Waals surface area contributed by atoms with E-state index in [1.807, 2.05) is 24.3 Å². The second-order valence-electron chi connectivity index (χ2n) is 3.01. The van der Waals surface area contributed by atoms with Crippen LogP contribution in [0.5, 0.6) is 0 Å². The van der Waals surface area contributed by atoms with Crippen molar-refractivity contribution < 1.29 is 4.79 Å². The first-order valence-electron chi connectivity index (χ1n) is 4.65. The molecule has 17 heavy (non-hydrogen) atoms. The molecule has 0 spiro atoms. The molecule has 0 aliphatic heterocycles. The van der Waals surface area contributed by atoms with Gasteiger partial charge in [-0.05, 0) is 12.1 Å². The topological polar surface area (TPSA) is 90.7 Å². The molecule has 0 bridgehead atoms. The van der Waals surface area contributed by atoms with Crippen LogP contribution in [-0.2, 0) is 0 Å². The van der Waals surface area contributed by atoms with Gasteiger partial charge < -0.3 is 5.32 Å². The summed E-state index contributed by atoms with van der Waals surface area (Å²) >= 11 is 0.957. The van der Waals surface area contributed by atoms with Gasteiger partial charge in [-0.15, -0.1) is 5.10 Å². The van der Waals surface area contributed by atoms with Crippen LogP contribution in [0, 0.1) is 11.3 Å². The van der Waals surface area contributed by atoms with Gasteiger partial charge in [-0.1, -0.05) is 22.7 Å². The molecule has 0 unspecified atom stereocenters. The number of para-hydroxylation sites is 1. The van der Waals surface area contributed by atoms with Crippen LogP contribution in [0.3, 0.4) is 0 Å². The highest BCUT2D eigenvalue weighted by Gasteiger charge is 2.10. The molecule has 1 aromatic heterocycles. The number of nitrogens with zero attached hydrogens (tertiary/aromatic N) is 3. The average Bonchev–Trinajstić information content (AvgIpc) is 2.77. The highest BCUT2D eigenvalue weighted by molar-refractivity contribution is 7.10. The zero-order valence-electron chi connectivity index (χ0n) is 8.54. The summed E-state index contributed by atoms with van der Waals surface area (Å²) in [4.78, 5) is 11.6. The van der Waals surface area contributed by atoms with Gasteiger partial charge in [-0.2, -0.15) is 5.26 Å². The Labute approximate surface area is 101 Å². The summed E-state index contributed by atoms with van der Waals surface area (Å²) in [6.07, 6.45) is 0. The third-order valence-electron chi connectivity index (χ3n) is 1.85. The van der Waals surface area contributed by atoms with Gasteiger partial charge in [0.1, 0.15) is 6.07 Å². The lowest BCUT2D eigenvalue weighted by atomic mass is 10.3. The number of anilines is 2. The normalized spacial score (nSPS) is 9.35. The van der Waals surface area contributed by atoms with Gasteiger partial charge in [-0.25, -0.2) is 4.79 Å². The molecule has 6 nitrogen and oxygen atoms in total. The fourth-order valence-corrected chi connectivity index (χ4v) is 1.65. The first-order chi connectivity index (χ1) is 8.29. The third kappa shape index (κ3) is 2.76. The second-order valence-corrected chi connectivity index (χ2v) is 3.76.